The van der Waals surface area contributed by atoms with Crippen molar-refractivity contribution < 1.29 is 0 Å². The fraction of sp³-hybridized carbons (Fsp3) is 0.538. The summed E-state index contributed by atoms with van der Waals surface area (Å²) in [5.74, 6) is 2.45. The molecule has 0 aliphatic rings. The maximum atomic E-state index is 3.51. The topological polar surface area (TPSA) is 12.0 Å². The Hall–Kier alpha value is 0.01000. The van der Waals surface area contributed by atoms with Crippen LogP contribution >= 0.6 is 27.7 Å². The zero-order valence-corrected chi connectivity index (χ0v) is 12.4. The number of nitrogens with one attached hydrogen (secondary N) is 1. The molecular formula is C13H20BrNS. The lowest BCUT2D eigenvalue weighted by atomic mass is 10.1. The fourth-order valence-electron chi connectivity index (χ4n) is 1.56. The molecule has 0 radical (unpaired) electrons. The second-order valence-electron chi connectivity index (χ2n) is 3.89. The number of thioether (sulfide) groups is 1. The lowest BCUT2D eigenvalue weighted by Crippen LogP contribution is -2.30. The van der Waals surface area contributed by atoms with Gasteiger partial charge in [0, 0.05) is 16.3 Å². The highest BCUT2D eigenvalue weighted by Crippen LogP contribution is 2.14. The summed E-state index contributed by atoms with van der Waals surface area (Å²) in [4.78, 5) is 0. The molecule has 0 spiro atoms. The summed E-state index contributed by atoms with van der Waals surface area (Å²) in [7, 11) is 2.05. The van der Waals surface area contributed by atoms with Gasteiger partial charge in [-0.1, -0.05) is 35.0 Å². The molecule has 1 aromatic carbocycles. The van der Waals surface area contributed by atoms with E-state index in [-0.39, 0.29) is 0 Å². The standard InChI is InChI=1S/C13H20BrNS/c1-3-7-16-10-13(15-2)9-11-5-4-6-12(14)8-11/h4-6,8,13,15H,3,7,9-10H2,1-2H3. The molecular weight excluding hydrogens is 282 g/mol. The molecule has 0 amide bonds. The Morgan fingerprint density at radius 2 is 2.25 bits per heavy atom. The summed E-state index contributed by atoms with van der Waals surface area (Å²) in [5, 5.41) is 3.39. The second kappa shape index (κ2) is 8.15. The third kappa shape index (κ3) is 5.37. The molecule has 1 unspecified atom stereocenters. The predicted octanol–water partition coefficient (Wildman–Crippen LogP) is 3.72. The highest BCUT2D eigenvalue weighted by Gasteiger charge is 2.07. The molecule has 1 rings (SSSR count). The van der Waals surface area contributed by atoms with Crippen LogP contribution in [0.15, 0.2) is 28.7 Å². The molecule has 1 nitrogen and oxygen atoms in total. The largest absolute Gasteiger partial charge is 0.316 e. The number of likely N-dealkylation sites (N-methyl/N-ethyl adjacent to an activating group) is 1. The molecule has 16 heavy (non-hydrogen) atoms. The lowest BCUT2D eigenvalue weighted by molar-refractivity contribution is 0.617. The van der Waals surface area contributed by atoms with Gasteiger partial charge in [-0.05, 0) is 43.3 Å². The molecule has 3 heteroatoms. The van der Waals surface area contributed by atoms with Crippen molar-refractivity contribution in [2.75, 3.05) is 18.6 Å². The number of halogens is 1. The monoisotopic (exact) mass is 301 g/mol. The average molecular weight is 302 g/mol. The van der Waals surface area contributed by atoms with E-state index in [9.17, 15) is 0 Å². The molecule has 0 bridgehead atoms. The van der Waals surface area contributed by atoms with Gasteiger partial charge in [0.25, 0.3) is 0 Å². The van der Waals surface area contributed by atoms with Gasteiger partial charge in [-0.3, -0.25) is 0 Å². The van der Waals surface area contributed by atoms with E-state index in [2.05, 4.69) is 59.5 Å². The van der Waals surface area contributed by atoms with Gasteiger partial charge < -0.3 is 5.32 Å². The van der Waals surface area contributed by atoms with E-state index in [1.54, 1.807) is 0 Å². The summed E-state index contributed by atoms with van der Waals surface area (Å²) in [6, 6.07) is 9.15. The van der Waals surface area contributed by atoms with Crippen LogP contribution in [0.1, 0.15) is 18.9 Å². The van der Waals surface area contributed by atoms with E-state index in [1.807, 2.05) is 11.8 Å². The Morgan fingerprint density at radius 3 is 2.88 bits per heavy atom. The molecule has 0 saturated carbocycles. The summed E-state index contributed by atoms with van der Waals surface area (Å²) in [6.07, 6.45) is 2.37. The Balaban J connectivity index is 2.43. The van der Waals surface area contributed by atoms with Crippen molar-refractivity contribution in [3.05, 3.63) is 34.3 Å². The SMILES string of the molecule is CCCSCC(Cc1cccc(Br)c1)NC. The van der Waals surface area contributed by atoms with Gasteiger partial charge in [0.1, 0.15) is 0 Å². The molecule has 1 N–H and O–H groups in total. The zero-order chi connectivity index (χ0) is 11.8. The van der Waals surface area contributed by atoms with Crippen LogP contribution in [0.5, 0.6) is 0 Å². The fourth-order valence-corrected chi connectivity index (χ4v) is 3.03. The summed E-state index contributed by atoms with van der Waals surface area (Å²) >= 11 is 5.55. The Labute approximate surface area is 112 Å². The molecule has 0 aliphatic carbocycles. The van der Waals surface area contributed by atoms with Crippen LogP contribution in [0.25, 0.3) is 0 Å². The van der Waals surface area contributed by atoms with Crippen molar-refractivity contribution in [1.29, 1.82) is 0 Å². The molecule has 0 saturated heterocycles. The Morgan fingerprint density at radius 1 is 1.44 bits per heavy atom. The van der Waals surface area contributed by atoms with Crippen molar-refractivity contribution in [3.8, 4) is 0 Å². The number of hydrogen-bond acceptors (Lipinski definition) is 2. The average Bonchev–Trinajstić information content (AvgIpc) is 2.28. The van der Waals surface area contributed by atoms with Crippen LogP contribution in [0.3, 0.4) is 0 Å². The number of rotatable bonds is 7. The van der Waals surface area contributed by atoms with E-state index < -0.39 is 0 Å². The first kappa shape index (κ1) is 14.1. The van der Waals surface area contributed by atoms with Gasteiger partial charge in [0.15, 0.2) is 0 Å². The molecule has 0 aromatic heterocycles. The molecule has 0 heterocycles. The highest BCUT2D eigenvalue weighted by molar-refractivity contribution is 9.10. The molecule has 0 aliphatic heterocycles. The van der Waals surface area contributed by atoms with Gasteiger partial charge in [-0.2, -0.15) is 11.8 Å². The minimum atomic E-state index is 0.575. The molecule has 1 atom stereocenters. The number of hydrogen-bond donors (Lipinski definition) is 1. The smallest absolute Gasteiger partial charge is 0.0195 e. The van der Waals surface area contributed by atoms with E-state index in [4.69, 9.17) is 0 Å². The maximum Gasteiger partial charge on any atom is 0.0195 e. The summed E-state index contributed by atoms with van der Waals surface area (Å²) in [6.45, 7) is 2.23. The van der Waals surface area contributed by atoms with E-state index in [0.717, 1.165) is 6.42 Å². The third-order valence-electron chi connectivity index (χ3n) is 2.45. The van der Waals surface area contributed by atoms with Crippen LogP contribution in [0.2, 0.25) is 0 Å². The van der Waals surface area contributed by atoms with Crippen LogP contribution < -0.4 is 5.32 Å². The minimum Gasteiger partial charge on any atom is -0.316 e. The number of benzene rings is 1. The highest BCUT2D eigenvalue weighted by atomic mass is 79.9. The van der Waals surface area contributed by atoms with Gasteiger partial charge >= 0.3 is 0 Å². The lowest BCUT2D eigenvalue weighted by Gasteiger charge is -2.15. The van der Waals surface area contributed by atoms with Gasteiger partial charge in [0.05, 0.1) is 0 Å². The van der Waals surface area contributed by atoms with Gasteiger partial charge in [0.2, 0.25) is 0 Å². The van der Waals surface area contributed by atoms with Crippen LogP contribution in [-0.4, -0.2) is 24.6 Å². The Kier molecular flexibility index (Phi) is 7.17. The predicted molar refractivity (Wildman–Crippen MR) is 78.3 cm³/mol. The molecule has 1 aromatic rings. The van der Waals surface area contributed by atoms with Crippen molar-refractivity contribution in [1.82, 2.24) is 5.32 Å². The second-order valence-corrected chi connectivity index (χ2v) is 5.96. The van der Waals surface area contributed by atoms with Crippen molar-refractivity contribution in [3.63, 3.8) is 0 Å². The van der Waals surface area contributed by atoms with Crippen LogP contribution in [-0.2, 0) is 6.42 Å². The minimum absolute atomic E-state index is 0.575. The zero-order valence-electron chi connectivity index (χ0n) is 10.0. The maximum absolute atomic E-state index is 3.51. The first-order valence-corrected chi connectivity index (χ1v) is 7.70. The van der Waals surface area contributed by atoms with Gasteiger partial charge in [-0.15, -0.1) is 0 Å². The quantitative estimate of drug-likeness (QED) is 0.770. The van der Waals surface area contributed by atoms with E-state index in [1.165, 1.54) is 28.0 Å². The van der Waals surface area contributed by atoms with Crippen molar-refractivity contribution >= 4 is 27.7 Å². The first-order valence-electron chi connectivity index (χ1n) is 5.75. The third-order valence-corrected chi connectivity index (χ3v) is 4.28. The first-order chi connectivity index (χ1) is 7.76. The Bertz CT molecular complexity index is 304. The van der Waals surface area contributed by atoms with Gasteiger partial charge in [-0.25, -0.2) is 0 Å². The van der Waals surface area contributed by atoms with Crippen LogP contribution in [0.4, 0.5) is 0 Å². The van der Waals surface area contributed by atoms with E-state index >= 15 is 0 Å². The molecule has 0 fully saturated rings. The summed E-state index contributed by atoms with van der Waals surface area (Å²) in [5.41, 5.74) is 1.39. The van der Waals surface area contributed by atoms with Crippen molar-refractivity contribution in [2.24, 2.45) is 0 Å². The summed E-state index contributed by atoms with van der Waals surface area (Å²) < 4.78 is 1.17. The van der Waals surface area contributed by atoms with Crippen molar-refractivity contribution in [2.45, 2.75) is 25.8 Å². The molecule has 90 valence electrons. The normalized spacial score (nSPS) is 12.7. The van der Waals surface area contributed by atoms with E-state index in [0.29, 0.717) is 6.04 Å². The van der Waals surface area contributed by atoms with Crippen LogP contribution in [0, 0.1) is 0 Å².